The molecule has 4 heteroatoms. The zero-order valence-electron chi connectivity index (χ0n) is 22.8. The quantitative estimate of drug-likeness (QED) is 0.405. The van der Waals surface area contributed by atoms with Gasteiger partial charge in [-0.3, -0.25) is 9.59 Å². The Morgan fingerprint density at radius 2 is 1.82 bits per heavy atom. The smallest absolute Gasteiger partial charge is 0.226 e. The summed E-state index contributed by atoms with van der Waals surface area (Å²) in [5.41, 5.74) is 8.02. The number of allylic oxidation sites excluding steroid dienone is 5. The van der Waals surface area contributed by atoms with Gasteiger partial charge in [-0.2, -0.15) is 0 Å². The van der Waals surface area contributed by atoms with Gasteiger partial charge in [-0.25, -0.2) is 0 Å². The van der Waals surface area contributed by atoms with Crippen LogP contribution in [0.4, 0.5) is 5.69 Å². The highest BCUT2D eigenvalue weighted by molar-refractivity contribution is 6.02. The summed E-state index contributed by atoms with van der Waals surface area (Å²) in [5, 5.41) is 2.70. The highest BCUT2D eigenvalue weighted by atomic mass is 16.2. The molecule has 200 valence electrons. The second-order valence-electron chi connectivity index (χ2n) is 12.9. The zero-order valence-corrected chi connectivity index (χ0v) is 22.8. The first-order valence-electron chi connectivity index (χ1n) is 15.3. The molecule has 5 aliphatic carbocycles. The third-order valence-electron chi connectivity index (χ3n) is 10.3. The Bertz CT molecular complexity index is 1470. The fourth-order valence-corrected chi connectivity index (χ4v) is 7.71. The van der Waals surface area contributed by atoms with E-state index in [0.717, 1.165) is 51.7 Å². The predicted molar refractivity (Wildman–Crippen MR) is 157 cm³/mol. The molecule has 1 amide bonds. The number of anilines is 1. The maximum Gasteiger partial charge on any atom is 0.226 e. The summed E-state index contributed by atoms with van der Waals surface area (Å²) in [6.45, 7) is 6.54. The lowest BCUT2D eigenvalue weighted by atomic mass is 9.72. The maximum atomic E-state index is 13.1. The van der Waals surface area contributed by atoms with Crippen molar-refractivity contribution in [3.05, 3.63) is 71.3 Å². The summed E-state index contributed by atoms with van der Waals surface area (Å²) in [4.78, 5) is 31.0. The molecule has 1 saturated heterocycles. The SMILES string of the molecule is C=CC(=O)[C@@H]1Cc2c(ccc3c(C4CC4)cc(N4CCN(C(=O)C5CC5)C(C5CC5)C4)cc23)C2=C1CCC=C2. The molecule has 8 rings (SSSR count). The molecule has 0 bridgehead atoms. The number of hydrogen-bond donors (Lipinski definition) is 0. The van der Waals surface area contributed by atoms with Crippen LogP contribution in [0.15, 0.2) is 54.6 Å². The molecule has 3 saturated carbocycles. The summed E-state index contributed by atoms with van der Waals surface area (Å²) in [5.74, 6) is 2.08. The molecule has 0 N–H and O–H groups in total. The van der Waals surface area contributed by atoms with Gasteiger partial charge in [0, 0.05) is 37.2 Å². The van der Waals surface area contributed by atoms with Crippen molar-refractivity contribution in [2.24, 2.45) is 17.8 Å². The van der Waals surface area contributed by atoms with Crippen molar-refractivity contribution < 1.29 is 9.59 Å². The van der Waals surface area contributed by atoms with Crippen molar-refractivity contribution in [2.45, 2.75) is 69.7 Å². The Morgan fingerprint density at radius 3 is 2.56 bits per heavy atom. The van der Waals surface area contributed by atoms with Crippen LogP contribution < -0.4 is 4.90 Å². The van der Waals surface area contributed by atoms with E-state index in [1.807, 2.05) is 0 Å². The van der Waals surface area contributed by atoms with Crippen molar-refractivity contribution >= 4 is 33.7 Å². The molecule has 4 nitrogen and oxygen atoms in total. The van der Waals surface area contributed by atoms with Crippen LogP contribution in [0.3, 0.4) is 0 Å². The molecule has 1 unspecified atom stereocenters. The number of rotatable bonds is 6. The maximum absolute atomic E-state index is 13.1. The second kappa shape index (κ2) is 8.94. The van der Waals surface area contributed by atoms with E-state index in [4.69, 9.17) is 0 Å². The molecule has 2 aromatic rings. The van der Waals surface area contributed by atoms with Gasteiger partial charge in [-0.05, 0) is 121 Å². The second-order valence-corrected chi connectivity index (χ2v) is 12.9. The predicted octanol–water partition coefficient (Wildman–Crippen LogP) is 6.59. The Kier molecular flexibility index (Phi) is 5.44. The van der Waals surface area contributed by atoms with Gasteiger partial charge in [0.15, 0.2) is 5.78 Å². The Morgan fingerprint density at radius 1 is 0.974 bits per heavy atom. The van der Waals surface area contributed by atoms with Crippen LogP contribution in [-0.2, 0) is 16.0 Å². The van der Waals surface area contributed by atoms with Crippen molar-refractivity contribution in [2.75, 3.05) is 24.5 Å². The van der Waals surface area contributed by atoms with Crippen molar-refractivity contribution in [1.82, 2.24) is 4.90 Å². The van der Waals surface area contributed by atoms with Gasteiger partial charge in [0.05, 0.1) is 6.04 Å². The van der Waals surface area contributed by atoms with Gasteiger partial charge in [0.1, 0.15) is 0 Å². The summed E-state index contributed by atoms with van der Waals surface area (Å²) in [7, 11) is 0. The van der Waals surface area contributed by atoms with Crippen LogP contribution in [0.5, 0.6) is 0 Å². The van der Waals surface area contributed by atoms with Crippen molar-refractivity contribution in [3.63, 3.8) is 0 Å². The van der Waals surface area contributed by atoms with Crippen LogP contribution in [0.1, 0.15) is 74.0 Å². The lowest BCUT2D eigenvalue weighted by Gasteiger charge is -2.43. The average molecular weight is 519 g/mol. The molecule has 6 aliphatic rings. The van der Waals surface area contributed by atoms with Crippen LogP contribution in [0, 0.1) is 17.8 Å². The molecule has 0 radical (unpaired) electrons. The largest absolute Gasteiger partial charge is 0.368 e. The number of carbonyl (C=O) groups excluding carboxylic acids is 2. The third kappa shape index (κ3) is 4.01. The summed E-state index contributed by atoms with van der Waals surface area (Å²) in [6.07, 6.45) is 16.0. The van der Waals surface area contributed by atoms with E-state index in [1.54, 1.807) is 0 Å². The van der Waals surface area contributed by atoms with E-state index >= 15 is 0 Å². The summed E-state index contributed by atoms with van der Waals surface area (Å²) >= 11 is 0. The molecular formula is C35H38N2O2. The molecule has 2 atom stereocenters. The Hall–Kier alpha value is -3.14. The number of hydrogen-bond acceptors (Lipinski definition) is 3. The van der Waals surface area contributed by atoms with E-state index in [0.29, 0.717) is 29.7 Å². The van der Waals surface area contributed by atoms with Crippen LogP contribution in [0.2, 0.25) is 0 Å². The molecule has 4 fully saturated rings. The number of fused-ring (bicyclic) bond motifs is 4. The average Bonchev–Trinajstić information content (AvgIpc) is 3.84. The Balaban J connectivity index is 1.22. The molecule has 2 aromatic carbocycles. The van der Waals surface area contributed by atoms with Gasteiger partial charge >= 0.3 is 0 Å². The molecule has 1 aliphatic heterocycles. The zero-order chi connectivity index (χ0) is 26.2. The van der Waals surface area contributed by atoms with Gasteiger partial charge < -0.3 is 9.80 Å². The van der Waals surface area contributed by atoms with Gasteiger partial charge in [-0.1, -0.05) is 36.4 Å². The van der Waals surface area contributed by atoms with Crippen LogP contribution >= 0.6 is 0 Å². The number of piperazine rings is 1. The number of carbonyl (C=O) groups is 2. The number of amides is 1. The normalized spacial score (nSPS) is 26.5. The molecule has 39 heavy (non-hydrogen) atoms. The van der Waals surface area contributed by atoms with E-state index < -0.39 is 0 Å². The van der Waals surface area contributed by atoms with E-state index in [1.165, 1.54) is 76.1 Å². The van der Waals surface area contributed by atoms with Crippen LogP contribution in [-0.4, -0.2) is 42.3 Å². The monoisotopic (exact) mass is 518 g/mol. The van der Waals surface area contributed by atoms with Gasteiger partial charge in [0.25, 0.3) is 0 Å². The minimum absolute atomic E-state index is 0.0928. The first-order valence-corrected chi connectivity index (χ1v) is 15.3. The van der Waals surface area contributed by atoms with Crippen molar-refractivity contribution in [3.8, 4) is 0 Å². The fraction of sp³-hybridized carbons (Fsp3) is 0.486. The summed E-state index contributed by atoms with van der Waals surface area (Å²) < 4.78 is 0. The standard InChI is InChI=1S/C35H38N2O2/c1-2-34(38)32-19-31-27(25-5-3-4-6-26(25)32)13-14-28-29(21-7-8-21)17-24(18-30(28)31)36-15-16-37(35(39)23-11-12-23)33(20-36)22-9-10-22/h2-3,5,13-14,17-18,21-23,32-33H,1,4,6-12,15-16,19-20H2/t32-,33?/m1/s1. The summed E-state index contributed by atoms with van der Waals surface area (Å²) in [6, 6.07) is 9.93. The molecule has 0 aromatic heterocycles. The first-order chi connectivity index (χ1) is 19.1. The molecule has 0 spiro atoms. The fourth-order valence-electron chi connectivity index (χ4n) is 7.71. The third-order valence-corrected chi connectivity index (χ3v) is 10.3. The van der Waals surface area contributed by atoms with Crippen LogP contribution in [0.25, 0.3) is 16.3 Å². The Labute approximate surface area is 231 Å². The number of benzene rings is 2. The topological polar surface area (TPSA) is 40.6 Å². The highest BCUT2D eigenvalue weighted by Crippen LogP contribution is 2.49. The lowest BCUT2D eigenvalue weighted by molar-refractivity contribution is -0.135. The number of nitrogens with zero attached hydrogens (tertiary/aromatic N) is 2. The highest BCUT2D eigenvalue weighted by Gasteiger charge is 2.44. The minimum Gasteiger partial charge on any atom is -0.368 e. The minimum atomic E-state index is -0.0928. The van der Waals surface area contributed by atoms with Gasteiger partial charge in [-0.15, -0.1) is 0 Å². The number of ketones is 1. The molecule has 1 heterocycles. The molecular weight excluding hydrogens is 480 g/mol. The van der Waals surface area contributed by atoms with E-state index in [2.05, 4.69) is 52.8 Å². The lowest BCUT2D eigenvalue weighted by Crippen LogP contribution is -2.56. The van der Waals surface area contributed by atoms with Crippen molar-refractivity contribution in [1.29, 1.82) is 0 Å². The van der Waals surface area contributed by atoms with Gasteiger partial charge in [0.2, 0.25) is 5.91 Å². The van der Waals surface area contributed by atoms with E-state index in [-0.39, 0.29) is 11.7 Å². The first kappa shape index (κ1) is 23.7. The van der Waals surface area contributed by atoms with E-state index in [9.17, 15) is 9.59 Å².